The minimum absolute atomic E-state index is 0.150. The van der Waals surface area contributed by atoms with Gasteiger partial charge in [-0.15, -0.1) is 0 Å². The van der Waals surface area contributed by atoms with E-state index >= 15 is 0 Å². The summed E-state index contributed by atoms with van der Waals surface area (Å²) in [5, 5.41) is 9.25. The zero-order chi connectivity index (χ0) is 12.6. The summed E-state index contributed by atoms with van der Waals surface area (Å²) >= 11 is 5.84. The first-order valence-corrected chi connectivity index (χ1v) is 5.65. The van der Waals surface area contributed by atoms with E-state index in [1.807, 2.05) is 6.92 Å². The van der Waals surface area contributed by atoms with Crippen LogP contribution in [0.5, 0.6) is 0 Å². The molecule has 0 bridgehead atoms. The Balaban J connectivity index is 2.11. The van der Waals surface area contributed by atoms with Crippen LogP contribution in [0.1, 0.15) is 15.9 Å². The molecule has 4 nitrogen and oxygen atoms in total. The van der Waals surface area contributed by atoms with Gasteiger partial charge in [-0.25, -0.2) is 0 Å². The number of hydrogen-bond donors (Lipinski definition) is 1. The fraction of sp³-hybridized carbons (Fsp3) is 0.333. The Morgan fingerprint density at radius 2 is 2.06 bits per heavy atom. The Labute approximate surface area is 104 Å². The van der Waals surface area contributed by atoms with E-state index in [2.05, 4.69) is 0 Å². The SMILES string of the molecule is Cc1ccc(Cl)cc1C(=O)N1CC(C(=O)O)C1. The fourth-order valence-electron chi connectivity index (χ4n) is 1.80. The van der Waals surface area contributed by atoms with Gasteiger partial charge >= 0.3 is 5.97 Å². The van der Waals surface area contributed by atoms with Gasteiger partial charge in [-0.05, 0) is 24.6 Å². The molecule has 0 spiro atoms. The summed E-state index contributed by atoms with van der Waals surface area (Å²) in [4.78, 5) is 24.2. The molecule has 0 unspecified atom stereocenters. The van der Waals surface area contributed by atoms with E-state index in [-0.39, 0.29) is 19.0 Å². The maximum absolute atomic E-state index is 12.0. The number of carboxylic acids is 1. The number of likely N-dealkylation sites (tertiary alicyclic amines) is 1. The molecule has 1 saturated heterocycles. The molecule has 0 saturated carbocycles. The number of aryl methyl sites for hydroxylation is 1. The number of amides is 1. The molecule has 1 N–H and O–H groups in total. The van der Waals surface area contributed by atoms with E-state index < -0.39 is 11.9 Å². The molecule has 17 heavy (non-hydrogen) atoms. The van der Waals surface area contributed by atoms with Crippen LogP contribution >= 0.6 is 11.6 Å². The number of carboxylic acid groups (broad SMARTS) is 1. The summed E-state index contributed by atoms with van der Waals surface area (Å²) in [5.41, 5.74) is 1.39. The van der Waals surface area contributed by atoms with Crippen molar-refractivity contribution in [1.29, 1.82) is 0 Å². The van der Waals surface area contributed by atoms with E-state index in [4.69, 9.17) is 16.7 Å². The quantitative estimate of drug-likeness (QED) is 0.875. The van der Waals surface area contributed by atoms with Crippen molar-refractivity contribution in [3.8, 4) is 0 Å². The second-order valence-electron chi connectivity index (χ2n) is 4.20. The fourth-order valence-corrected chi connectivity index (χ4v) is 1.97. The van der Waals surface area contributed by atoms with E-state index in [0.717, 1.165) is 5.56 Å². The topological polar surface area (TPSA) is 57.6 Å². The molecular formula is C12H12ClNO3. The third-order valence-corrected chi connectivity index (χ3v) is 3.18. The van der Waals surface area contributed by atoms with Gasteiger partial charge < -0.3 is 10.0 Å². The molecule has 0 aromatic heterocycles. The number of nitrogens with zero attached hydrogens (tertiary/aromatic N) is 1. The third-order valence-electron chi connectivity index (χ3n) is 2.95. The smallest absolute Gasteiger partial charge is 0.310 e. The molecule has 1 fully saturated rings. The molecule has 0 atom stereocenters. The molecule has 90 valence electrons. The van der Waals surface area contributed by atoms with Gasteiger partial charge in [0.05, 0.1) is 5.92 Å². The number of benzene rings is 1. The van der Waals surface area contributed by atoms with Gasteiger partial charge in [0.1, 0.15) is 0 Å². The van der Waals surface area contributed by atoms with E-state index in [0.29, 0.717) is 10.6 Å². The van der Waals surface area contributed by atoms with Crippen LogP contribution in [-0.2, 0) is 4.79 Å². The van der Waals surface area contributed by atoms with Crippen LogP contribution in [0.15, 0.2) is 18.2 Å². The van der Waals surface area contributed by atoms with Crippen molar-refractivity contribution >= 4 is 23.5 Å². The molecule has 1 aliphatic heterocycles. The monoisotopic (exact) mass is 253 g/mol. The van der Waals surface area contributed by atoms with Gasteiger partial charge in [0, 0.05) is 23.7 Å². The molecule has 2 rings (SSSR count). The highest BCUT2D eigenvalue weighted by atomic mass is 35.5. The van der Waals surface area contributed by atoms with Crippen molar-refractivity contribution in [2.45, 2.75) is 6.92 Å². The molecule has 1 amide bonds. The number of carbonyl (C=O) groups is 2. The van der Waals surface area contributed by atoms with Gasteiger partial charge in [-0.3, -0.25) is 9.59 Å². The third kappa shape index (κ3) is 2.26. The van der Waals surface area contributed by atoms with Gasteiger partial charge in [0.2, 0.25) is 0 Å². The van der Waals surface area contributed by atoms with Crippen molar-refractivity contribution in [2.75, 3.05) is 13.1 Å². The molecule has 0 aliphatic carbocycles. The lowest BCUT2D eigenvalue weighted by molar-refractivity contribution is -0.146. The van der Waals surface area contributed by atoms with Gasteiger partial charge in [-0.1, -0.05) is 17.7 Å². The molecule has 0 radical (unpaired) electrons. The highest BCUT2D eigenvalue weighted by Gasteiger charge is 2.36. The molecule has 1 aromatic rings. The van der Waals surface area contributed by atoms with Gasteiger partial charge in [0.25, 0.3) is 5.91 Å². The first kappa shape index (κ1) is 11.9. The Bertz CT molecular complexity index is 481. The number of rotatable bonds is 2. The standard InChI is InChI=1S/C12H12ClNO3/c1-7-2-3-9(13)4-10(7)11(15)14-5-8(6-14)12(16)17/h2-4,8H,5-6H2,1H3,(H,16,17). The zero-order valence-electron chi connectivity index (χ0n) is 9.31. The molecule has 1 aliphatic rings. The van der Waals surface area contributed by atoms with Crippen molar-refractivity contribution in [3.05, 3.63) is 34.3 Å². The highest BCUT2D eigenvalue weighted by molar-refractivity contribution is 6.31. The molecular weight excluding hydrogens is 242 g/mol. The minimum Gasteiger partial charge on any atom is -0.481 e. The average Bonchev–Trinajstić information content (AvgIpc) is 2.18. The Kier molecular flexibility index (Phi) is 3.07. The predicted molar refractivity (Wildman–Crippen MR) is 63.2 cm³/mol. The number of carbonyl (C=O) groups excluding carboxylic acids is 1. The summed E-state index contributed by atoms with van der Waals surface area (Å²) in [6, 6.07) is 5.13. The van der Waals surface area contributed by atoms with Crippen LogP contribution in [0.25, 0.3) is 0 Å². The van der Waals surface area contributed by atoms with E-state index in [1.165, 1.54) is 4.90 Å². The lowest BCUT2D eigenvalue weighted by Crippen LogP contribution is -2.53. The average molecular weight is 254 g/mol. The van der Waals surface area contributed by atoms with Crippen LogP contribution in [-0.4, -0.2) is 35.0 Å². The largest absolute Gasteiger partial charge is 0.481 e. The van der Waals surface area contributed by atoms with Crippen LogP contribution in [0, 0.1) is 12.8 Å². The maximum Gasteiger partial charge on any atom is 0.310 e. The summed E-state index contributed by atoms with van der Waals surface area (Å²) < 4.78 is 0. The van der Waals surface area contributed by atoms with Crippen molar-refractivity contribution < 1.29 is 14.7 Å². The van der Waals surface area contributed by atoms with Crippen molar-refractivity contribution in [3.63, 3.8) is 0 Å². The van der Waals surface area contributed by atoms with Crippen molar-refractivity contribution in [1.82, 2.24) is 4.90 Å². The summed E-state index contributed by atoms with van der Waals surface area (Å²) in [6.45, 7) is 2.39. The number of hydrogen-bond acceptors (Lipinski definition) is 2. The summed E-state index contributed by atoms with van der Waals surface area (Å²) in [7, 11) is 0. The lowest BCUT2D eigenvalue weighted by atomic mass is 9.98. The Hall–Kier alpha value is -1.55. The molecule has 5 heteroatoms. The summed E-state index contributed by atoms with van der Waals surface area (Å²) in [6.07, 6.45) is 0. The Morgan fingerprint density at radius 1 is 1.41 bits per heavy atom. The van der Waals surface area contributed by atoms with Crippen LogP contribution in [0.2, 0.25) is 5.02 Å². The van der Waals surface area contributed by atoms with E-state index in [1.54, 1.807) is 18.2 Å². The second kappa shape index (κ2) is 4.37. The number of halogens is 1. The first-order chi connectivity index (χ1) is 7.99. The lowest BCUT2D eigenvalue weighted by Gasteiger charge is -2.36. The zero-order valence-corrected chi connectivity index (χ0v) is 10.1. The summed E-state index contributed by atoms with van der Waals surface area (Å²) in [5.74, 6) is -1.43. The normalized spacial score (nSPS) is 15.5. The van der Waals surface area contributed by atoms with Crippen LogP contribution in [0.3, 0.4) is 0 Å². The first-order valence-electron chi connectivity index (χ1n) is 5.27. The van der Waals surface area contributed by atoms with Gasteiger partial charge in [-0.2, -0.15) is 0 Å². The predicted octanol–water partition coefficient (Wildman–Crippen LogP) is 1.81. The molecule has 1 heterocycles. The van der Waals surface area contributed by atoms with Crippen molar-refractivity contribution in [2.24, 2.45) is 5.92 Å². The minimum atomic E-state index is -0.850. The second-order valence-corrected chi connectivity index (χ2v) is 4.64. The maximum atomic E-state index is 12.0. The molecule has 1 aromatic carbocycles. The highest BCUT2D eigenvalue weighted by Crippen LogP contribution is 2.22. The van der Waals surface area contributed by atoms with Crippen LogP contribution in [0.4, 0.5) is 0 Å². The van der Waals surface area contributed by atoms with E-state index in [9.17, 15) is 9.59 Å². The number of aliphatic carboxylic acids is 1. The van der Waals surface area contributed by atoms with Gasteiger partial charge in [0.15, 0.2) is 0 Å². The van der Waals surface area contributed by atoms with Crippen LogP contribution < -0.4 is 0 Å². The Morgan fingerprint density at radius 3 is 2.65 bits per heavy atom.